The summed E-state index contributed by atoms with van der Waals surface area (Å²) in [6.45, 7) is 1.85. The van der Waals surface area contributed by atoms with E-state index in [4.69, 9.17) is 14.3 Å². The zero-order chi connectivity index (χ0) is 22.1. The Bertz CT molecular complexity index is 1350. The van der Waals surface area contributed by atoms with Crippen molar-refractivity contribution in [2.24, 2.45) is 5.10 Å². The van der Waals surface area contributed by atoms with Gasteiger partial charge in [0.15, 0.2) is 17.4 Å². The molecule has 0 aliphatic carbocycles. The predicted octanol–water partition coefficient (Wildman–Crippen LogP) is 5.44. The Hall–Kier alpha value is -3.72. The molecular weight excluding hydrogens is 434 g/mol. The van der Waals surface area contributed by atoms with Crippen LogP contribution in [-0.4, -0.2) is 20.6 Å². The molecule has 0 N–H and O–H groups in total. The van der Waals surface area contributed by atoms with Crippen molar-refractivity contribution in [1.29, 1.82) is 0 Å². The molecule has 0 atom stereocenters. The molecule has 5 rings (SSSR count). The molecule has 1 aliphatic heterocycles. The number of ether oxygens (including phenoxy) is 1. The molecular formula is C23H16F2N4O2S. The second kappa shape index (κ2) is 8.43. The van der Waals surface area contributed by atoms with E-state index in [2.05, 4.69) is 10.2 Å². The molecule has 3 heterocycles. The van der Waals surface area contributed by atoms with Crippen LogP contribution in [0.25, 0.3) is 6.08 Å². The van der Waals surface area contributed by atoms with Gasteiger partial charge in [-0.2, -0.15) is 9.78 Å². The van der Waals surface area contributed by atoms with Crippen LogP contribution < -0.4 is 4.74 Å². The Morgan fingerprint density at radius 3 is 2.72 bits per heavy atom. The largest absolute Gasteiger partial charge is 0.483 e. The molecule has 6 nitrogen and oxygen atoms in total. The minimum absolute atomic E-state index is 0.00597. The lowest BCUT2D eigenvalue weighted by molar-refractivity contribution is 0.257. The van der Waals surface area contributed by atoms with Crippen LogP contribution in [0.5, 0.6) is 5.75 Å². The maximum Gasteiger partial charge on any atom is 0.216 e. The van der Waals surface area contributed by atoms with Gasteiger partial charge in [-0.3, -0.25) is 0 Å². The van der Waals surface area contributed by atoms with E-state index in [1.165, 1.54) is 17.8 Å². The standard InChI is InChI=1S/C23H16F2N4O2S/c1-14-26-27-23-29(14)28-22(15-5-3-2-4-6-15)21(32-23)12-17-8-9-18(31-17)13-30-20-10-7-16(24)11-19(20)25/h2-12H,13H2,1H3/b21-12+. The van der Waals surface area contributed by atoms with Crippen molar-refractivity contribution in [3.63, 3.8) is 0 Å². The molecule has 0 saturated heterocycles. The molecule has 0 bridgehead atoms. The maximum atomic E-state index is 13.8. The smallest absolute Gasteiger partial charge is 0.216 e. The molecule has 2 aromatic heterocycles. The fourth-order valence-corrected chi connectivity index (χ4v) is 4.10. The van der Waals surface area contributed by atoms with Crippen LogP contribution in [0.3, 0.4) is 0 Å². The van der Waals surface area contributed by atoms with Crippen LogP contribution in [0.4, 0.5) is 8.78 Å². The molecule has 32 heavy (non-hydrogen) atoms. The van der Waals surface area contributed by atoms with Crippen molar-refractivity contribution >= 4 is 23.5 Å². The van der Waals surface area contributed by atoms with Gasteiger partial charge in [0.2, 0.25) is 5.16 Å². The number of rotatable bonds is 5. The second-order valence-electron chi connectivity index (χ2n) is 6.93. The van der Waals surface area contributed by atoms with E-state index in [0.29, 0.717) is 22.5 Å². The highest BCUT2D eigenvalue weighted by atomic mass is 32.2. The Labute approximate surface area is 186 Å². The maximum absolute atomic E-state index is 13.8. The zero-order valence-electron chi connectivity index (χ0n) is 16.8. The Balaban J connectivity index is 1.41. The third kappa shape index (κ3) is 4.06. The first-order valence-corrected chi connectivity index (χ1v) is 10.5. The van der Waals surface area contributed by atoms with Crippen molar-refractivity contribution in [2.45, 2.75) is 18.7 Å². The predicted molar refractivity (Wildman–Crippen MR) is 116 cm³/mol. The van der Waals surface area contributed by atoms with Crippen LogP contribution in [0.15, 0.2) is 80.2 Å². The number of furan rings is 1. The Kier molecular flexibility index (Phi) is 5.32. The van der Waals surface area contributed by atoms with Crippen molar-refractivity contribution < 1.29 is 17.9 Å². The highest BCUT2D eigenvalue weighted by Crippen LogP contribution is 2.35. The third-order valence-corrected chi connectivity index (χ3v) is 5.64. The van der Waals surface area contributed by atoms with Gasteiger partial charge in [-0.25, -0.2) is 8.78 Å². The van der Waals surface area contributed by atoms with E-state index in [1.54, 1.807) is 16.8 Å². The number of nitrogens with zero attached hydrogens (tertiary/aromatic N) is 4. The quantitative estimate of drug-likeness (QED) is 0.405. The van der Waals surface area contributed by atoms with Crippen molar-refractivity contribution in [2.75, 3.05) is 0 Å². The van der Waals surface area contributed by atoms with E-state index in [1.807, 2.05) is 43.3 Å². The topological polar surface area (TPSA) is 65.4 Å². The third-order valence-electron chi connectivity index (χ3n) is 4.67. The van der Waals surface area contributed by atoms with Gasteiger partial charge in [0.1, 0.15) is 29.7 Å². The van der Waals surface area contributed by atoms with Crippen molar-refractivity contribution in [1.82, 2.24) is 14.9 Å². The summed E-state index contributed by atoms with van der Waals surface area (Å²) in [6, 6.07) is 16.5. The summed E-state index contributed by atoms with van der Waals surface area (Å²) in [5.41, 5.74) is 1.72. The van der Waals surface area contributed by atoms with E-state index in [-0.39, 0.29) is 12.4 Å². The average Bonchev–Trinajstić information content (AvgIpc) is 3.39. The molecule has 0 spiro atoms. The lowest BCUT2D eigenvalue weighted by Gasteiger charge is -2.16. The normalized spacial score (nSPS) is 14.3. The summed E-state index contributed by atoms with van der Waals surface area (Å²) in [6.07, 6.45) is 1.87. The fraction of sp³-hybridized carbons (Fsp3) is 0.0870. The lowest BCUT2D eigenvalue weighted by atomic mass is 10.1. The van der Waals surface area contributed by atoms with Gasteiger partial charge in [-0.05, 0) is 49.0 Å². The lowest BCUT2D eigenvalue weighted by Crippen LogP contribution is -2.12. The summed E-state index contributed by atoms with van der Waals surface area (Å²) < 4.78 is 39.8. The van der Waals surface area contributed by atoms with E-state index < -0.39 is 11.6 Å². The highest BCUT2D eigenvalue weighted by Gasteiger charge is 2.23. The van der Waals surface area contributed by atoms with E-state index in [9.17, 15) is 8.78 Å². The first-order valence-electron chi connectivity index (χ1n) is 9.70. The van der Waals surface area contributed by atoms with Gasteiger partial charge < -0.3 is 9.15 Å². The molecule has 0 radical (unpaired) electrons. The molecule has 0 fully saturated rings. The summed E-state index contributed by atoms with van der Waals surface area (Å²) in [5.74, 6) is 0.316. The Morgan fingerprint density at radius 1 is 1.06 bits per heavy atom. The molecule has 9 heteroatoms. The number of fused-ring (bicyclic) bond motifs is 1. The first-order chi connectivity index (χ1) is 15.6. The van der Waals surface area contributed by atoms with Gasteiger partial charge in [-0.1, -0.05) is 30.3 Å². The molecule has 0 unspecified atom stereocenters. The minimum atomic E-state index is -0.763. The summed E-state index contributed by atoms with van der Waals surface area (Å²) >= 11 is 1.44. The van der Waals surface area contributed by atoms with Gasteiger partial charge in [-0.15, -0.1) is 10.2 Å². The molecule has 0 amide bonds. The SMILES string of the molecule is Cc1nnc2n1N=C(c1ccccc1)/C(=C\c1ccc(COc3ccc(F)cc3F)o1)S2. The Morgan fingerprint density at radius 2 is 1.91 bits per heavy atom. The van der Waals surface area contributed by atoms with Gasteiger partial charge >= 0.3 is 0 Å². The average molecular weight is 450 g/mol. The number of aromatic nitrogens is 3. The van der Waals surface area contributed by atoms with Gasteiger partial charge in [0.25, 0.3) is 0 Å². The fourth-order valence-electron chi connectivity index (χ4n) is 3.13. The van der Waals surface area contributed by atoms with Gasteiger partial charge in [0.05, 0.1) is 0 Å². The molecule has 1 aliphatic rings. The summed E-state index contributed by atoms with van der Waals surface area (Å²) in [4.78, 5) is 0.850. The highest BCUT2D eigenvalue weighted by molar-refractivity contribution is 8.04. The van der Waals surface area contributed by atoms with Crippen LogP contribution in [-0.2, 0) is 6.61 Å². The van der Waals surface area contributed by atoms with E-state index in [0.717, 1.165) is 28.3 Å². The summed E-state index contributed by atoms with van der Waals surface area (Å²) in [5, 5.41) is 13.7. The number of thioether (sulfide) groups is 1. The number of halogens is 2. The van der Waals surface area contributed by atoms with Crippen LogP contribution in [0.2, 0.25) is 0 Å². The number of hydrogen-bond donors (Lipinski definition) is 0. The zero-order valence-corrected chi connectivity index (χ0v) is 17.6. The number of benzene rings is 2. The van der Waals surface area contributed by atoms with E-state index >= 15 is 0 Å². The molecule has 4 aromatic rings. The van der Waals surface area contributed by atoms with Crippen molar-refractivity contribution in [3.8, 4) is 5.75 Å². The van der Waals surface area contributed by atoms with Crippen molar-refractivity contribution in [3.05, 3.63) is 100 Å². The van der Waals surface area contributed by atoms with Crippen LogP contribution >= 0.6 is 11.8 Å². The number of hydrogen-bond acceptors (Lipinski definition) is 6. The first kappa shape index (κ1) is 20.2. The van der Waals surface area contributed by atoms with Crippen LogP contribution in [0.1, 0.15) is 22.9 Å². The molecule has 0 saturated carbocycles. The molecule has 160 valence electrons. The number of allylic oxidation sites excluding steroid dienone is 1. The number of aryl methyl sites for hydroxylation is 1. The molecule has 2 aromatic carbocycles. The van der Waals surface area contributed by atoms with Gasteiger partial charge in [0, 0.05) is 16.5 Å². The monoisotopic (exact) mass is 450 g/mol. The summed E-state index contributed by atoms with van der Waals surface area (Å²) in [7, 11) is 0. The minimum Gasteiger partial charge on any atom is -0.483 e. The van der Waals surface area contributed by atoms with Crippen LogP contribution in [0, 0.1) is 18.6 Å². The second-order valence-corrected chi connectivity index (χ2v) is 7.94.